The summed E-state index contributed by atoms with van der Waals surface area (Å²) in [7, 11) is 0. The molecule has 20 heavy (non-hydrogen) atoms. The van der Waals surface area contributed by atoms with Gasteiger partial charge in [0.05, 0.1) is 6.61 Å². The maximum atomic E-state index is 10.6. The average Bonchev–Trinajstić information content (AvgIpc) is 2.40. The molecule has 0 heterocycles. The summed E-state index contributed by atoms with van der Waals surface area (Å²) in [4.78, 5) is 0. The van der Waals surface area contributed by atoms with Gasteiger partial charge in [0.15, 0.2) is 0 Å². The molecule has 0 bridgehead atoms. The lowest BCUT2D eigenvalue weighted by atomic mass is 10.0. The van der Waals surface area contributed by atoms with Gasteiger partial charge in [-0.3, -0.25) is 0 Å². The minimum absolute atomic E-state index is 0.545. The van der Waals surface area contributed by atoms with E-state index in [-0.39, 0.29) is 0 Å². The van der Waals surface area contributed by atoms with Crippen LogP contribution in [0.2, 0.25) is 5.02 Å². The van der Waals surface area contributed by atoms with Crippen LogP contribution in [0.15, 0.2) is 45.3 Å². The van der Waals surface area contributed by atoms with E-state index >= 15 is 0 Å². The monoisotopic (exact) mass is 418 g/mol. The van der Waals surface area contributed by atoms with Crippen molar-refractivity contribution in [3.05, 3.63) is 61.5 Å². The van der Waals surface area contributed by atoms with Gasteiger partial charge >= 0.3 is 0 Å². The van der Waals surface area contributed by atoms with Gasteiger partial charge in [-0.15, -0.1) is 0 Å². The fraction of sp³-hybridized carbons (Fsp3) is 0.200. The normalized spacial score (nSPS) is 12.2. The lowest BCUT2D eigenvalue weighted by Gasteiger charge is -2.18. The predicted molar refractivity (Wildman–Crippen MR) is 88.5 cm³/mol. The van der Waals surface area contributed by atoms with Crippen LogP contribution in [0.3, 0.4) is 0 Å². The molecule has 0 aliphatic carbocycles. The molecule has 0 saturated heterocycles. The molecule has 2 aromatic rings. The highest BCUT2D eigenvalue weighted by Crippen LogP contribution is 2.36. The largest absolute Gasteiger partial charge is 0.493 e. The van der Waals surface area contributed by atoms with Crippen molar-refractivity contribution >= 4 is 43.5 Å². The molecule has 0 aliphatic heterocycles. The van der Waals surface area contributed by atoms with Crippen LogP contribution in [0.1, 0.15) is 24.2 Å². The molecule has 2 aromatic carbocycles. The molecule has 0 aromatic heterocycles. The Morgan fingerprint density at radius 1 is 1.15 bits per heavy atom. The van der Waals surface area contributed by atoms with Crippen molar-refractivity contribution in [3.63, 3.8) is 0 Å². The van der Waals surface area contributed by atoms with Gasteiger partial charge in [-0.2, -0.15) is 0 Å². The zero-order valence-corrected chi connectivity index (χ0v) is 14.7. The number of hydrogen-bond acceptors (Lipinski definition) is 2. The molecule has 0 aliphatic rings. The van der Waals surface area contributed by atoms with E-state index in [9.17, 15) is 5.11 Å². The van der Waals surface area contributed by atoms with E-state index < -0.39 is 6.10 Å². The summed E-state index contributed by atoms with van der Waals surface area (Å²) < 4.78 is 7.23. The van der Waals surface area contributed by atoms with Crippen molar-refractivity contribution in [3.8, 4) is 5.75 Å². The van der Waals surface area contributed by atoms with Gasteiger partial charge in [-0.1, -0.05) is 49.5 Å². The molecule has 2 rings (SSSR count). The van der Waals surface area contributed by atoms with Gasteiger partial charge < -0.3 is 9.84 Å². The third-order valence-corrected chi connectivity index (χ3v) is 4.24. The van der Waals surface area contributed by atoms with Crippen LogP contribution < -0.4 is 4.74 Å². The van der Waals surface area contributed by atoms with Crippen LogP contribution in [0.25, 0.3) is 0 Å². The molecule has 0 amide bonds. The Morgan fingerprint density at radius 3 is 2.55 bits per heavy atom. The topological polar surface area (TPSA) is 29.5 Å². The van der Waals surface area contributed by atoms with Crippen molar-refractivity contribution in [2.45, 2.75) is 13.0 Å². The molecule has 1 N–H and O–H groups in total. The number of halogens is 3. The molecule has 1 atom stereocenters. The van der Waals surface area contributed by atoms with E-state index in [1.54, 1.807) is 18.2 Å². The zero-order valence-electron chi connectivity index (χ0n) is 10.7. The van der Waals surface area contributed by atoms with E-state index in [0.29, 0.717) is 22.9 Å². The third kappa shape index (κ3) is 3.55. The Morgan fingerprint density at radius 2 is 1.90 bits per heavy atom. The number of hydrogen-bond donors (Lipinski definition) is 1. The van der Waals surface area contributed by atoms with Crippen LogP contribution in [0, 0.1) is 0 Å². The Bertz CT molecular complexity index is 617. The van der Waals surface area contributed by atoms with Crippen molar-refractivity contribution < 1.29 is 9.84 Å². The SMILES string of the molecule is CCOc1ccc(Br)cc1C(O)c1ccc(Cl)cc1Br. The first kappa shape index (κ1) is 15.8. The Kier molecular flexibility index (Phi) is 5.49. The molecule has 0 fully saturated rings. The highest BCUT2D eigenvalue weighted by Gasteiger charge is 2.18. The van der Waals surface area contributed by atoms with E-state index in [1.165, 1.54) is 0 Å². The van der Waals surface area contributed by atoms with Crippen molar-refractivity contribution in [2.75, 3.05) is 6.61 Å². The van der Waals surface area contributed by atoms with Crippen LogP contribution >= 0.6 is 43.5 Å². The van der Waals surface area contributed by atoms with E-state index in [0.717, 1.165) is 14.5 Å². The number of benzene rings is 2. The molecule has 2 nitrogen and oxygen atoms in total. The zero-order chi connectivity index (χ0) is 14.7. The standard InChI is InChI=1S/C15H13Br2ClO2/c1-2-20-14-6-3-9(16)7-12(14)15(19)11-5-4-10(18)8-13(11)17/h3-8,15,19H,2H2,1H3. The van der Waals surface area contributed by atoms with E-state index in [2.05, 4.69) is 31.9 Å². The molecule has 0 radical (unpaired) electrons. The van der Waals surface area contributed by atoms with Gasteiger partial charge in [0.1, 0.15) is 11.9 Å². The number of aliphatic hydroxyl groups excluding tert-OH is 1. The summed E-state index contributed by atoms with van der Waals surface area (Å²) in [5.41, 5.74) is 1.46. The quantitative estimate of drug-likeness (QED) is 0.723. The predicted octanol–water partition coefficient (Wildman–Crippen LogP) is 5.35. The molecule has 106 valence electrons. The second kappa shape index (κ2) is 6.94. The van der Waals surface area contributed by atoms with Crippen LogP contribution in [-0.4, -0.2) is 11.7 Å². The number of aliphatic hydroxyl groups is 1. The summed E-state index contributed by atoms with van der Waals surface area (Å²) in [6, 6.07) is 10.9. The summed E-state index contributed by atoms with van der Waals surface area (Å²) in [5, 5.41) is 11.2. The number of rotatable bonds is 4. The van der Waals surface area contributed by atoms with Gasteiger partial charge in [-0.25, -0.2) is 0 Å². The summed E-state index contributed by atoms with van der Waals surface area (Å²) in [6.45, 7) is 2.46. The van der Waals surface area contributed by atoms with E-state index in [1.807, 2.05) is 25.1 Å². The van der Waals surface area contributed by atoms with E-state index in [4.69, 9.17) is 16.3 Å². The lowest BCUT2D eigenvalue weighted by molar-refractivity contribution is 0.211. The number of ether oxygens (including phenoxy) is 1. The Hall–Kier alpha value is -0.550. The summed E-state index contributed by atoms with van der Waals surface area (Å²) in [6.07, 6.45) is -0.791. The minimum atomic E-state index is -0.791. The second-order valence-electron chi connectivity index (χ2n) is 4.18. The Balaban J connectivity index is 2.46. The lowest BCUT2D eigenvalue weighted by Crippen LogP contribution is -2.05. The fourth-order valence-corrected chi connectivity index (χ4v) is 3.19. The van der Waals surface area contributed by atoms with Gasteiger partial charge in [-0.05, 0) is 42.8 Å². The Labute approximate surface area is 140 Å². The average molecular weight is 421 g/mol. The minimum Gasteiger partial charge on any atom is -0.493 e. The van der Waals surface area contributed by atoms with Gasteiger partial charge in [0.2, 0.25) is 0 Å². The fourth-order valence-electron chi connectivity index (χ4n) is 1.91. The van der Waals surface area contributed by atoms with Crippen molar-refractivity contribution in [2.24, 2.45) is 0 Å². The molecule has 0 spiro atoms. The highest BCUT2D eigenvalue weighted by atomic mass is 79.9. The first-order chi connectivity index (χ1) is 9.52. The van der Waals surface area contributed by atoms with Crippen LogP contribution in [0.5, 0.6) is 5.75 Å². The van der Waals surface area contributed by atoms with Crippen LogP contribution in [-0.2, 0) is 0 Å². The van der Waals surface area contributed by atoms with Gasteiger partial charge in [0, 0.05) is 19.5 Å². The molecule has 1 unspecified atom stereocenters. The third-order valence-electron chi connectivity index (χ3n) is 2.82. The van der Waals surface area contributed by atoms with Gasteiger partial charge in [0.25, 0.3) is 0 Å². The molecule has 0 saturated carbocycles. The first-order valence-corrected chi connectivity index (χ1v) is 8.04. The summed E-state index contributed by atoms with van der Waals surface area (Å²) in [5.74, 6) is 0.671. The van der Waals surface area contributed by atoms with Crippen LogP contribution in [0.4, 0.5) is 0 Å². The maximum Gasteiger partial charge on any atom is 0.125 e. The second-order valence-corrected chi connectivity index (χ2v) is 6.39. The van der Waals surface area contributed by atoms with Crippen molar-refractivity contribution in [1.29, 1.82) is 0 Å². The first-order valence-electron chi connectivity index (χ1n) is 6.08. The summed E-state index contributed by atoms with van der Waals surface area (Å²) >= 11 is 12.8. The maximum absolute atomic E-state index is 10.6. The molecule has 5 heteroatoms. The van der Waals surface area contributed by atoms with Crippen molar-refractivity contribution in [1.82, 2.24) is 0 Å². The highest BCUT2D eigenvalue weighted by molar-refractivity contribution is 9.10. The molecular formula is C15H13Br2ClO2. The molecular weight excluding hydrogens is 407 g/mol. The smallest absolute Gasteiger partial charge is 0.125 e.